The van der Waals surface area contributed by atoms with E-state index in [4.69, 9.17) is 0 Å². The van der Waals surface area contributed by atoms with Gasteiger partial charge in [0.25, 0.3) is 15.8 Å². The molecule has 0 atom stereocenters. The lowest BCUT2D eigenvalue weighted by molar-refractivity contribution is 0.368. The van der Waals surface area contributed by atoms with Gasteiger partial charge in [-0.15, -0.1) is 10.4 Å². The summed E-state index contributed by atoms with van der Waals surface area (Å²) in [5.41, 5.74) is -0.875. The van der Waals surface area contributed by atoms with E-state index in [-0.39, 0.29) is 4.90 Å². The third-order valence-electron chi connectivity index (χ3n) is 1.77. The summed E-state index contributed by atoms with van der Waals surface area (Å²) in [5.74, 6) is -0.399. The average Bonchev–Trinajstić information content (AvgIpc) is 2.65. The normalized spacial score (nSPS) is 11.2. The summed E-state index contributed by atoms with van der Waals surface area (Å²) < 4.78 is 29.6. The molecule has 0 saturated carbocycles. The quantitative estimate of drug-likeness (QED) is 0.796. The molecule has 8 heteroatoms. The number of benzene rings is 1. The van der Waals surface area contributed by atoms with E-state index in [0.29, 0.717) is 0 Å². The van der Waals surface area contributed by atoms with Crippen LogP contribution in [0.1, 0.15) is 0 Å². The van der Waals surface area contributed by atoms with Crippen molar-refractivity contribution >= 4 is 15.8 Å². The minimum Gasteiger partial charge on any atom is -0.317 e. The fourth-order valence-electron chi connectivity index (χ4n) is 1.05. The maximum Gasteiger partial charge on any atom is 0.402 e. The van der Waals surface area contributed by atoms with Gasteiger partial charge >= 0.3 is 5.63 Å². The average molecular weight is 241 g/mol. The fraction of sp³-hybridized carbons (Fsp3) is 0. The van der Waals surface area contributed by atoms with Gasteiger partial charge in [-0.1, -0.05) is 18.2 Å². The summed E-state index contributed by atoms with van der Waals surface area (Å²) in [4.78, 5) is 11.0. The van der Waals surface area contributed by atoms with Crippen LogP contribution in [0.15, 0.2) is 44.5 Å². The molecule has 0 amide bonds. The first-order valence-electron chi connectivity index (χ1n) is 4.21. The Morgan fingerprint density at radius 2 is 1.94 bits per heavy atom. The van der Waals surface area contributed by atoms with Crippen LogP contribution in [0.5, 0.6) is 0 Å². The summed E-state index contributed by atoms with van der Waals surface area (Å²) in [6, 6.07) is 7.62. The van der Waals surface area contributed by atoms with Crippen molar-refractivity contribution < 1.29 is 12.9 Å². The molecule has 2 N–H and O–H groups in total. The molecule has 0 fully saturated rings. The van der Waals surface area contributed by atoms with Gasteiger partial charge in [0.15, 0.2) is 0 Å². The minimum absolute atomic E-state index is 0.0393. The van der Waals surface area contributed by atoms with Crippen molar-refractivity contribution in [1.82, 2.24) is 10.4 Å². The molecule has 0 aliphatic carbocycles. The van der Waals surface area contributed by atoms with Crippen LogP contribution in [0.3, 0.4) is 0 Å². The Morgan fingerprint density at radius 3 is 2.50 bits per heavy atom. The molecule has 0 bridgehead atoms. The van der Waals surface area contributed by atoms with E-state index >= 15 is 0 Å². The molecule has 1 aromatic carbocycles. The highest BCUT2D eigenvalue weighted by Gasteiger charge is 2.17. The van der Waals surface area contributed by atoms with Crippen LogP contribution in [0, 0.1) is 0 Å². The number of nitrogens with one attached hydrogen (secondary N) is 2. The topological polar surface area (TPSA) is 105 Å². The monoisotopic (exact) mass is 241 g/mol. The Labute approximate surface area is 90.1 Å². The van der Waals surface area contributed by atoms with Gasteiger partial charge in [0.2, 0.25) is 0 Å². The molecule has 0 spiro atoms. The number of hydrogen-bond donors (Lipinski definition) is 2. The summed E-state index contributed by atoms with van der Waals surface area (Å²) in [6.07, 6.45) is 0. The van der Waals surface area contributed by atoms with Crippen LogP contribution in [0.2, 0.25) is 0 Å². The zero-order chi connectivity index (χ0) is 11.6. The van der Waals surface area contributed by atoms with Gasteiger partial charge in [0.05, 0.1) is 4.90 Å². The van der Waals surface area contributed by atoms with Crippen LogP contribution in [-0.4, -0.2) is 18.8 Å². The van der Waals surface area contributed by atoms with Crippen LogP contribution < -0.4 is 10.3 Å². The van der Waals surface area contributed by atoms with Gasteiger partial charge < -0.3 is 4.52 Å². The van der Waals surface area contributed by atoms with Crippen molar-refractivity contribution in [2.75, 3.05) is 4.72 Å². The number of H-pyrrole nitrogens is 1. The second-order valence-corrected chi connectivity index (χ2v) is 4.54. The summed E-state index contributed by atoms with van der Waals surface area (Å²) in [5, 5.41) is 5.24. The molecular formula is C8H7N3O4S. The van der Waals surface area contributed by atoms with Crippen molar-refractivity contribution in [1.29, 1.82) is 0 Å². The highest BCUT2D eigenvalue weighted by molar-refractivity contribution is 7.92. The van der Waals surface area contributed by atoms with E-state index in [1.807, 2.05) is 9.99 Å². The van der Waals surface area contributed by atoms with Crippen molar-refractivity contribution in [3.05, 3.63) is 40.8 Å². The maximum absolute atomic E-state index is 11.7. The van der Waals surface area contributed by atoms with Gasteiger partial charge in [-0.2, -0.15) is 0 Å². The molecular weight excluding hydrogens is 234 g/mol. The van der Waals surface area contributed by atoms with Crippen LogP contribution >= 0.6 is 0 Å². The first kappa shape index (κ1) is 10.4. The molecule has 1 heterocycles. The van der Waals surface area contributed by atoms with E-state index < -0.39 is 21.5 Å². The number of sulfonamides is 1. The van der Waals surface area contributed by atoms with E-state index in [1.165, 1.54) is 12.1 Å². The molecule has 84 valence electrons. The molecule has 2 aromatic rings. The predicted molar refractivity (Wildman–Crippen MR) is 54.4 cm³/mol. The van der Waals surface area contributed by atoms with Crippen LogP contribution in [-0.2, 0) is 10.0 Å². The second kappa shape index (κ2) is 3.81. The van der Waals surface area contributed by atoms with Gasteiger partial charge in [0, 0.05) is 0 Å². The molecule has 0 aliphatic rings. The lowest BCUT2D eigenvalue weighted by atomic mass is 10.4. The Balaban J connectivity index is 2.36. The fourth-order valence-corrected chi connectivity index (χ4v) is 2.07. The first-order chi connectivity index (χ1) is 7.59. The Bertz CT molecular complexity index is 629. The summed E-state index contributed by atoms with van der Waals surface area (Å²) in [7, 11) is -3.80. The summed E-state index contributed by atoms with van der Waals surface area (Å²) >= 11 is 0. The SMILES string of the molecule is O=c1o[nH]nc1NS(=O)(=O)c1ccccc1. The molecule has 2 rings (SSSR count). The van der Waals surface area contributed by atoms with Crippen molar-refractivity contribution in [3.63, 3.8) is 0 Å². The van der Waals surface area contributed by atoms with E-state index in [1.54, 1.807) is 18.2 Å². The Hall–Kier alpha value is -2.09. The number of aromatic amines is 1. The Kier molecular flexibility index (Phi) is 2.49. The largest absolute Gasteiger partial charge is 0.402 e. The number of nitrogens with zero attached hydrogens (tertiary/aromatic N) is 1. The molecule has 7 nitrogen and oxygen atoms in total. The Morgan fingerprint density at radius 1 is 1.25 bits per heavy atom. The molecule has 1 aromatic heterocycles. The molecule has 16 heavy (non-hydrogen) atoms. The number of rotatable bonds is 3. The maximum atomic E-state index is 11.7. The summed E-state index contributed by atoms with van der Waals surface area (Å²) in [6.45, 7) is 0. The first-order valence-corrected chi connectivity index (χ1v) is 5.70. The molecule has 0 aliphatic heterocycles. The minimum atomic E-state index is -3.80. The second-order valence-electron chi connectivity index (χ2n) is 2.86. The van der Waals surface area contributed by atoms with Crippen LogP contribution in [0.4, 0.5) is 5.82 Å². The van der Waals surface area contributed by atoms with E-state index in [9.17, 15) is 13.2 Å². The standard InChI is InChI=1S/C8H7N3O4S/c12-8-7(9-11-15-8)10-16(13,14)6-4-2-1-3-5-6/h1-5,11H,(H,9,10). The van der Waals surface area contributed by atoms with Crippen molar-refractivity contribution in [2.24, 2.45) is 0 Å². The lowest BCUT2D eigenvalue weighted by Gasteiger charge is -2.02. The van der Waals surface area contributed by atoms with Gasteiger partial charge in [-0.05, 0) is 12.1 Å². The predicted octanol–water partition coefficient (Wildman–Crippen LogP) is 0.164. The van der Waals surface area contributed by atoms with E-state index in [2.05, 4.69) is 9.62 Å². The van der Waals surface area contributed by atoms with Gasteiger partial charge in [-0.25, -0.2) is 13.2 Å². The zero-order valence-electron chi connectivity index (χ0n) is 7.88. The highest BCUT2D eigenvalue weighted by Crippen LogP contribution is 2.10. The number of aromatic nitrogens is 2. The van der Waals surface area contributed by atoms with E-state index in [0.717, 1.165) is 0 Å². The van der Waals surface area contributed by atoms with Crippen molar-refractivity contribution in [3.8, 4) is 0 Å². The number of anilines is 1. The van der Waals surface area contributed by atoms with Gasteiger partial charge in [0.1, 0.15) is 0 Å². The third kappa shape index (κ3) is 1.96. The lowest BCUT2D eigenvalue weighted by Crippen LogP contribution is -2.17. The number of hydrogen-bond acceptors (Lipinski definition) is 5. The molecule has 0 saturated heterocycles. The van der Waals surface area contributed by atoms with Gasteiger partial charge in [-0.3, -0.25) is 4.72 Å². The molecule has 0 unspecified atom stereocenters. The highest BCUT2D eigenvalue weighted by atomic mass is 32.2. The molecule has 0 radical (unpaired) electrons. The van der Waals surface area contributed by atoms with Crippen LogP contribution in [0.25, 0.3) is 0 Å². The van der Waals surface area contributed by atoms with Crippen molar-refractivity contribution in [2.45, 2.75) is 4.90 Å². The zero-order valence-corrected chi connectivity index (χ0v) is 8.69. The smallest absolute Gasteiger partial charge is 0.317 e. The third-order valence-corrected chi connectivity index (χ3v) is 3.13.